The number of halogens is 4. The number of aromatic nitrogens is 1. The first kappa shape index (κ1) is 30.0. The highest BCUT2D eigenvalue weighted by Crippen LogP contribution is 2.33. The van der Waals surface area contributed by atoms with Crippen LogP contribution in [0.5, 0.6) is 0 Å². The maximum atomic E-state index is 12.8. The number of amides is 2. The molecule has 12 heteroatoms. The third-order valence-electron chi connectivity index (χ3n) is 6.71. The van der Waals surface area contributed by atoms with Crippen LogP contribution in [0.4, 0.5) is 35.3 Å². The third kappa shape index (κ3) is 7.97. The molecule has 1 aromatic heterocycles. The Kier molecular flexibility index (Phi) is 10.2. The second kappa shape index (κ2) is 13.0. The fourth-order valence-corrected chi connectivity index (χ4v) is 4.72. The van der Waals surface area contributed by atoms with Crippen LogP contribution in [0, 0.1) is 12.8 Å². The topological polar surface area (TPSA) is 90.0 Å². The molecule has 8 nitrogen and oxygen atoms in total. The monoisotopic (exact) mass is 601 g/mol. The number of nitrogens with one attached hydrogen (secondary N) is 2. The number of ether oxygens (including phenoxy) is 1. The smallest absolute Gasteiger partial charge is 0.389 e. The van der Waals surface area contributed by atoms with Crippen molar-refractivity contribution in [2.45, 2.75) is 38.9 Å². The van der Waals surface area contributed by atoms with Crippen LogP contribution in [-0.4, -0.2) is 79.2 Å². The van der Waals surface area contributed by atoms with Gasteiger partial charge in [-0.25, -0.2) is 9.78 Å². The number of hydrogen-bond donors (Lipinski definition) is 3. The van der Waals surface area contributed by atoms with Crippen LogP contribution in [-0.2, 0) is 4.74 Å². The Hall–Kier alpha value is -2.57. The number of urea groups is 1. The van der Waals surface area contributed by atoms with Gasteiger partial charge < -0.3 is 30.3 Å². The first-order chi connectivity index (χ1) is 17.6. The van der Waals surface area contributed by atoms with E-state index in [0.717, 1.165) is 22.5 Å². The Morgan fingerprint density at radius 3 is 2.63 bits per heavy atom. The lowest BCUT2D eigenvalue weighted by Gasteiger charge is -2.29. The molecule has 2 atom stereocenters. The van der Waals surface area contributed by atoms with Crippen molar-refractivity contribution in [1.82, 2.24) is 9.88 Å². The van der Waals surface area contributed by atoms with Crippen LogP contribution in [0.15, 0.2) is 30.3 Å². The molecule has 0 spiro atoms. The second-order valence-electron chi connectivity index (χ2n) is 9.81. The molecule has 0 aliphatic carbocycles. The van der Waals surface area contributed by atoms with E-state index >= 15 is 0 Å². The number of carbonyl (C=O) groups excluding carboxylic acids is 1. The Balaban J connectivity index is 0.00000400. The summed E-state index contributed by atoms with van der Waals surface area (Å²) in [6.45, 7) is 6.84. The normalized spacial score (nSPS) is 18.6. The SMILES string of the molecule is Br.Cc1ccc(NC(=O)N2CC[C@@H](CC(F)(F)F)C2)cc1-c1cc(N[C@H](C)CO)nc(N2CCOCC2)c1. The first-order valence-electron chi connectivity index (χ1n) is 12.6. The number of nitrogens with zero attached hydrogens (tertiary/aromatic N) is 3. The maximum Gasteiger partial charge on any atom is 0.389 e. The average Bonchev–Trinajstić information content (AvgIpc) is 3.32. The molecular formula is C26H35BrF3N5O3. The van der Waals surface area contributed by atoms with Gasteiger partial charge in [-0.2, -0.15) is 13.2 Å². The summed E-state index contributed by atoms with van der Waals surface area (Å²) in [6, 6.07) is 8.88. The molecule has 2 aromatic rings. The van der Waals surface area contributed by atoms with E-state index in [1.165, 1.54) is 4.90 Å². The van der Waals surface area contributed by atoms with Gasteiger partial charge in [0, 0.05) is 44.3 Å². The summed E-state index contributed by atoms with van der Waals surface area (Å²) < 4.78 is 43.7. The van der Waals surface area contributed by atoms with Crippen LogP contribution in [0.2, 0.25) is 0 Å². The molecular weight excluding hydrogens is 567 g/mol. The fourth-order valence-electron chi connectivity index (χ4n) is 4.72. The Morgan fingerprint density at radius 2 is 1.95 bits per heavy atom. The molecule has 1 aromatic carbocycles. The molecule has 0 bridgehead atoms. The highest BCUT2D eigenvalue weighted by molar-refractivity contribution is 8.93. The van der Waals surface area contributed by atoms with Gasteiger partial charge >= 0.3 is 12.2 Å². The van der Waals surface area contributed by atoms with Crippen molar-refractivity contribution in [3.05, 3.63) is 35.9 Å². The molecule has 2 aliphatic heterocycles. The number of anilines is 3. The van der Waals surface area contributed by atoms with Gasteiger partial charge in [0.15, 0.2) is 0 Å². The summed E-state index contributed by atoms with van der Waals surface area (Å²) in [5.41, 5.74) is 3.34. The highest BCUT2D eigenvalue weighted by Gasteiger charge is 2.36. The number of rotatable bonds is 7. The van der Waals surface area contributed by atoms with Gasteiger partial charge in [-0.3, -0.25) is 0 Å². The number of pyridine rings is 1. The molecule has 2 fully saturated rings. The maximum absolute atomic E-state index is 12.8. The average molecular weight is 602 g/mol. The zero-order chi connectivity index (χ0) is 26.6. The van der Waals surface area contributed by atoms with Crippen molar-refractivity contribution < 1.29 is 27.8 Å². The van der Waals surface area contributed by atoms with Gasteiger partial charge in [-0.15, -0.1) is 17.0 Å². The summed E-state index contributed by atoms with van der Waals surface area (Å²) in [5, 5.41) is 15.6. The molecule has 0 radical (unpaired) electrons. The predicted octanol–water partition coefficient (Wildman–Crippen LogP) is 5.07. The van der Waals surface area contributed by atoms with Crippen molar-refractivity contribution in [2.75, 3.05) is 61.5 Å². The lowest BCUT2D eigenvalue weighted by molar-refractivity contribution is -0.143. The third-order valence-corrected chi connectivity index (χ3v) is 6.71. The molecule has 3 heterocycles. The van der Waals surface area contributed by atoms with Gasteiger partial charge in [0.1, 0.15) is 11.6 Å². The molecule has 210 valence electrons. The van der Waals surface area contributed by atoms with E-state index in [4.69, 9.17) is 9.72 Å². The fraction of sp³-hybridized carbons (Fsp3) is 0.538. The van der Waals surface area contributed by atoms with E-state index in [0.29, 0.717) is 50.8 Å². The van der Waals surface area contributed by atoms with Crippen molar-refractivity contribution in [3.63, 3.8) is 0 Å². The van der Waals surface area contributed by atoms with Crippen LogP contribution >= 0.6 is 17.0 Å². The van der Waals surface area contributed by atoms with Crippen molar-refractivity contribution in [2.24, 2.45) is 5.92 Å². The summed E-state index contributed by atoms with van der Waals surface area (Å²) in [5.74, 6) is 0.846. The molecule has 4 rings (SSSR count). The minimum Gasteiger partial charge on any atom is -0.394 e. The standard InChI is InChI=1S/C26H34F3N5O3.BrH/c1-17-3-4-21(31-25(36)34-6-5-19(15-34)14-26(27,28)29)13-22(17)20-11-23(30-18(2)16-35)32-24(12-20)33-7-9-37-10-8-33;/h3-4,11-13,18-19,35H,5-10,14-16H2,1-2H3,(H,30,32)(H,31,36);1H/t18-,19+;/m1./s1. The quantitative estimate of drug-likeness (QED) is 0.410. The zero-order valence-corrected chi connectivity index (χ0v) is 23.3. The zero-order valence-electron chi connectivity index (χ0n) is 21.6. The van der Waals surface area contributed by atoms with E-state index in [2.05, 4.69) is 15.5 Å². The van der Waals surface area contributed by atoms with Crippen molar-refractivity contribution in [1.29, 1.82) is 0 Å². The van der Waals surface area contributed by atoms with Crippen LogP contribution < -0.4 is 15.5 Å². The number of hydrogen-bond acceptors (Lipinski definition) is 6. The molecule has 2 aliphatic rings. The molecule has 2 amide bonds. The predicted molar refractivity (Wildman–Crippen MR) is 147 cm³/mol. The van der Waals surface area contributed by atoms with Gasteiger partial charge in [0.25, 0.3) is 0 Å². The second-order valence-corrected chi connectivity index (χ2v) is 9.81. The number of likely N-dealkylation sites (tertiary alicyclic amines) is 1. The summed E-state index contributed by atoms with van der Waals surface area (Å²) in [4.78, 5) is 21.1. The van der Waals surface area contributed by atoms with Crippen LogP contribution in [0.25, 0.3) is 11.1 Å². The van der Waals surface area contributed by atoms with Crippen LogP contribution in [0.1, 0.15) is 25.3 Å². The van der Waals surface area contributed by atoms with E-state index in [1.807, 2.05) is 38.1 Å². The number of aliphatic hydroxyl groups excluding tert-OH is 1. The molecule has 3 N–H and O–H groups in total. The Morgan fingerprint density at radius 1 is 1.21 bits per heavy atom. The number of aryl methyl sites for hydroxylation is 1. The first-order valence-corrected chi connectivity index (χ1v) is 12.6. The van der Waals surface area contributed by atoms with Crippen molar-refractivity contribution >= 4 is 40.3 Å². The lowest BCUT2D eigenvalue weighted by Crippen LogP contribution is -2.37. The minimum absolute atomic E-state index is 0. The lowest BCUT2D eigenvalue weighted by atomic mass is 10.00. The van der Waals surface area contributed by atoms with Gasteiger partial charge in [0.2, 0.25) is 0 Å². The Labute approximate surface area is 231 Å². The number of benzene rings is 1. The summed E-state index contributed by atoms with van der Waals surface area (Å²) in [6.07, 6.45) is -4.75. The number of alkyl halides is 3. The van der Waals surface area contributed by atoms with E-state index in [9.17, 15) is 23.1 Å². The van der Waals surface area contributed by atoms with Crippen LogP contribution in [0.3, 0.4) is 0 Å². The van der Waals surface area contributed by atoms with Gasteiger partial charge in [0.05, 0.1) is 19.8 Å². The number of morpholine rings is 1. The largest absolute Gasteiger partial charge is 0.394 e. The van der Waals surface area contributed by atoms with E-state index < -0.39 is 24.5 Å². The van der Waals surface area contributed by atoms with Crippen molar-refractivity contribution in [3.8, 4) is 11.1 Å². The minimum atomic E-state index is -4.23. The molecule has 0 saturated carbocycles. The van der Waals surface area contributed by atoms with E-state index in [-0.39, 0.29) is 36.2 Å². The summed E-state index contributed by atoms with van der Waals surface area (Å²) >= 11 is 0. The Bertz CT molecular complexity index is 1100. The summed E-state index contributed by atoms with van der Waals surface area (Å²) in [7, 11) is 0. The molecule has 38 heavy (non-hydrogen) atoms. The molecule has 2 saturated heterocycles. The van der Waals surface area contributed by atoms with Gasteiger partial charge in [-0.1, -0.05) is 6.07 Å². The number of carbonyl (C=O) groups is 1. The highest BCUT2D eigenvalue weighted by atomic mass is 79.9. The molecule has 0 unspecified atom stereocenters. The van der Waals surface area contributed by atoms with E-state index in [1.54, 1.807) is 6.07 Å². The van der Waals surface area contributed by atoms with Gasteiger partial charge in [-0.05, 0) is 67.1 Å². The number of aliphatic hydroxyl groups is 1.